The van der Waals surface area contributed by atoms with Crippen molar-refractivity contribution in [3.05, 3.63) is 35.9 Å². The number of rotatable bonds is 10. The van der Waals surface area contributed by atoms with Crippen molar-refractivity contribution in [3.63, 3.8) is 0 Å². The van der Waals surface area contributed by atoms with Gasteiger partial charge in [0, 0.05) is 6.54 Å². The summed E-state index contributed by atoms with van der Waals surface area (Å²) in [5.74, 6) is -0.327. The second-order valence-electron chi connectivity index (χ2n) is 5.38. The van der Waals surface area contributed by atoms with Gasteiger partial charge in [0.2, 0.25) is 15.9 Å². The molecule has 124 valence electrons. The second-order valence-corrected chi connectivity index (χ2v) is 7.31. The van der Waals surface area contributed by atoms with Gasteiger partial charge in [-0.3, -0.25) is 4.79 Å². The first-order valence-electron chi connectivity index (χ1n) is 7.32. The summed E-state index contributed by atoms with van der Waals surface area (Å²) in [7, 11) is 0.484. The molecule has 0 unspecified atom stereocenters. The number of aryl methyl sites for hydroxylation is 1. The average Bonchev–Trinajstić information content (AvgIpc) is 2.49. The minimum Gasteiger partial charge on any atom is -0.355 e. The maximum absolute atomic E-state index is 11.8. The average molecular weight is 327 g/mol. The molecule has 0 saturated heterocycles. The lowest BCUT2D eigenvalue weighted by molar-refractivity contribution is -0.119. The molecule has 1 amide bonds. The molecular formula is C15H25N3O3S. The van der Waals surface area contributed by atoms with Crippen LogP contribution in [-0.2, 0) is 21.2 Å². The number of hydrogen-bond donors (Lipinski definition) is 2. The molecule has 0 radical (unpaired) electrons. The van der Waals surface area contributed by atoms with Crippen LogP contribution in [0, 0.1) is 0 Å². The molecule has 0 aromatic heterocycles. The molecule has 2 N–H and O–H groups in total. The van der Waals surface area contributed by atoms with Crippen LogP contribution in [0.2, 0.25) is 0 Å². The molecule has 1 aromatic carbocycles. The summed E-state index contributed by atoms with van der Waals surface area (Å²) in [6.07, 6.45) is 1.26. The lowest BCUT2D eigenvalue weighted by Gasteiger charge is -2.10. The van der Waals surface area contributed by atoms with Gasteiger partial charge in [0.15, 0.2) is 0 Å². The summed E-state index contributed by atoms with van der Waals surface area (Å²) < 4.78 is 26.0. The van der Waals surface area contributed by atoms with E-state index in [0.29, 0.717) is 13.0 Å². The van der Waals surface area contributed by atoms with Gasteiger partial charge in [0.25, 0.3) is 0 Å². The lowest BCUT2D eigenvalue weighted by atomic mass is 10.2. The van der Waals surface area contributed by atoms with Crippen LogP contribution < -0.4 is 10.0 Å². The second kappa shape index (κ2) is 9.55. The van der Waals surface area contributed by atoms with Crippen molar-refractivity contribution in [1.82, 2.24) is 14.9 Å². The molecule has 0 atom stereocenters. The smallest absolute Gasteiger partial charge is 0.235 e. The Bertz CT molecular complexity index is 544. The standard InChI is InChI=1S/C15H25N3O3S/c1-18(2)11-6-10-16-15(19)13-17-22(20,21)12-9-14-7-4-3-5-8-14/h3-5,7-8,17H,6,9-13H2,1-2H3,(H,16,19). The minimum atomic E-state index is -3.44. The number of hydrogen-bond acceptors (Lipinski definition) is 4. The lowest BCUT2D eigenvalue weighted by Crippen LogP contribution is -2.38. The van der Waals surface area contributed by atoms with Crippen molar-refractivity contribution >= 4 is 15.9 Å². The fraction of sp³-hybridized carbons (Fsp3) is 0.533. The molecule has 7 heteroatoms. The third kappa shape index (κ3) is 8.76. The molecule has 6 nitrogen and oxygen atoms in total. The van der Waals surface area contributed by atoms with E-state index in [-0.39, 0.29) is 18.2 Å². The maximum Gasteiger partial charge on any atom is 0.235 e. The number of nitrogens with zero attached hydrogens (tertiary/aromatic N) is 1. The molecule has 1 rings (SSSR count). The summed E-state index contributed by atoms with van der Waals surface area (Å²) in [5, 5.41) is 2.69. The van der Waals surface area contributed by atoms with Gasteiger partial charge in [0.05, 0.1) is 12.3 Å². The summed E-state index contributed by atoms with van der Waals surface area (Å²) in [4.78, 5) is 13.6. The normalized spacial score (nSPS) is 11.6. The number of amides is 1. The predicted octanol–water partition coefficient (Wildman–Crippen LogP) is 0.216. The van der Waals surface area contributed by atoms with Crippen LogP contribution in [0.1, 0.15) is 12.0 Å². The van der Waals surface area contributed by atoms with E-state index in [1.54, 1.807) is 0 Å². The van der Waals surface area contributed by atoms with E-state index < -0.39 is 10.0 Å². The van der Waals surface area contributed by atoms with Crippen LogP contribution >= 0.6 is 0 Å². The van der Waals surface area contributed by atoms with Gasteiger partial charge in [-0.1, -0.05) is 30.3 Å². The molecule has 0 aliphatic rings. The molecule has 22 heavy (non-hydrogen) atoms. The Balaban J connectivity index is 2.23. The highest BCUT2D eigenvalue weighted by molar-refractivity contribution is 7.89. The molecule has 0 aliphatic heterocycles. The van der Waals surface area contributed by atoms with Gasteiger partial charge in [-0.05, 0) is 39.0 Å². The van der Waals surface area contributed by atoms with Gasteiger partial charge in [0.1, 0.15) is 0 Å². The zero-order valence-corrected chi connectivity index (χ0v) is 14.0. The number of carbonyl (C=O) groups is 1. The van der Waals surface area contributed by atoms with Crippen LogP contribution in [0.3, 0.4) is 0 Å². The highest BCUT2D eigenvalue weighted by atomic mass is 32.2. The Morgan fingerprint density at radius 1 is 1.18 bits per heavy atom. The van der Waals surface area contributed by atoms with Gasteiger partial charge < -0.3 is 10.2 Å². The SMILES string of the molecule is CN(C)CCCNC(=O)CNS(=O)(=O)CCc1ccccc1. The van der Waals surface area contributed by atoms with Crippen molar-refractivity contribution < 1.29 is 13.2 Å². The zero-order chi connectivity index (χ0) is 16.4. The highest BCUT2D eigenvalue weighted by Gasteiger charge is 2.12. The van der Waals surface area contributed by atoms with Gasteiger partial charge in [-0.25, -0.2) is 13.1 Å². The van der Waals surface area contributed by atoms with E-state index in [1.807, 2.05) is 49.3 Å². The summed E-state index contributed by atoms with van der Waals surface area (Å²) in [5.41, 5.74) is 0.959. The Kier molecular flexibility index (Phi) is 8.08. The summed E-state index contributed by atoms with van der Waals surface area (Å²) >= 11 is 0. The van der Waals surface area contributed by atoms with E-state index in [2.05, 4.69) is 10.0 Å². The van der Waals surface area contributed by atoms with Crippen LogP contribution in [0.15, 0.2) is 30.3 Å². The number of nitrogens with one attached hydrogen (secondary N) is 2. The Morgan fingerprint density at radius 2 is 1.86 bits per heavy atom. The van der Waals surface area contributed by atoms with Gasteiger partial charge >= 0.3 is 0 Å². The summed E-state index contributed by atoms with van der Waals surface area (Å²) in [6, 6.07) is 9.39. The molecule has 0 aliphatic carbocycles. The molecular weight excluding hydrogens is 302 g/mol. The fourth-order valence-corrected chi connectivity index (χ4v) is 2.83. The largest absolute Gasteiger partial charge is 0.355 e. The molecule has 1 aromatic rings. The first-order chi connectivity index (χ1) is 10.4. The molecule has 0 fully saturated rings. The van der Waals surface area contributed by atoms with Crippen molar-refractivity contribution in [2.75, 3.05) is 39.5 Å². The third-order valence-electron chi connectivity index (χ3n) is 3.06. The first kappa shape index (κ1) is 18.6. The van der Waals surface area contributed by atoms with E-state index in [4.69, 9.17) is 0 Å². The number of sulfonamides is 1. The Morgan fingerprint density at radius 3 is 2.50 bits per heavy atom. The first-order valence-corrected chi connectivity index (χ1v) is 8.97. The van der Waals surface area contributed by atoms with E-state index in [1.165, 1.54) is 0 Å². The minimum absolute atomic E-state index is 0.0229. The molecule has 0 spiro atoms. The number of benzene rings is 1. The monoisotopic (exact) mass is 327 g/mol. The van der Waals surface area contributed by atoms with Crippen LogP contribution in [0.4, 0.5) is 0 Å². The van der Waals surface area contributed by atoms with Crippen LogP contribution in [0.25, 0.3) is 0 Å². The topological polar surface area (TPSA) is 78.5 Å². The zero-order valence-electron chi connectivity index (χ0n) is 13.2. The van der Waals surface area contributed by atoms with Crippen LogP contribution in [-0.4, -0.2) is 58.7 Å². The van der Waals surface area contributed by atoms with Gasteiger partial charge in [-0.2, -0.15) is 0 Å². The highest BCUT2D eigenvalue weighted by Crippen LogP contribution is 2.01. The number of carbonyl (C=O) groups excluding carboxylic acids is 1. The molecule has 0 saturated carbocycles. The van der Waals surface area contributed by atoms with E-state index >= 15 is 0 Å². The van der Waals surface area contributed by atoms with Crippen LogP contribution in [0.5, 0.6) is 0 Å². The van der Waals surface area contributed by atoms with Crippen molar-refractivity contribution in [3.8, 4) is 0 Å². The van der Waals surface area contributed by atoms with E-state index in [0.717, 1.165) is 18.5 Å². The maximum atomic E-state index is 11.8. The third-order valence-corrected chi connectivity index (χ3v) is 4.38. The molecule has 0 heterocycles. The van der Waals surface area contributed by atoms with Crippen molar-refractivity contribution in [2.24, 2.45) is 0 Å². The molecule has 0 bridgehead atoms. The van der Waals surface area contributed by atoms with E-state index in [9.17, 15) is 13.2 Å². The Labute approximate surface area is 132 Å². The fourth-order valence-electron chi connectivity index (χ4n) is 1.83. The van der Waals surface area contributed by atoms with Crippen molar-refractivity contribution in [2.45, 2.75) is 12.8 Å². The van der Waals surface area contributed by atoms with Crippen molar-refractivity contribution in [1.29, 1.82) is 0 Å². The summed E-state index contributed by atoms with van der Waals surface area (Å²) in [6.45, 7) is 1.21. The van der Waals surface area contributed by atoms with Gasteiger partial charge in [-0.15, -0.1) is 0 Å². The predicted molar refractivity (Wildman–Crippen MR) is 88.1 cm³/mol. The Hall–Kier alpha value is -1.44. The quantitative estimate of drug-likeness (QED) is 0.603.